The van der Waals surface area contributed by atoms with E-state index >= 15 is 0 Å². The first-order valence-electron chi connectivity index (χ1n) is 9.11. The fourth-order valence-electron chi connectivity index (χ4n) is 3.51. The third kappa shape index (κ3) is 3.53. The van der Waals surface area contributed by atoms with E-state index in [9.17, 15) is 9.59 Å². The first-order chi connectivity index (χ1) is 13.1. The van der Waals surface area contributed by atoms with Crippen molar-refractivity contribution in [3.05, 3.63) is 77.0 Å². The Bertz CT molecular complexity index is 1030. The summed E-state index contributed by atoms with van der Waals surface area (Å²) in [7, 11) is 0. The Hall–Kier alpha value is -3.21. The largest absolute Gasteiger partial charge is 0.343 e. The Morgan fingerprint density at radius 3 is 2.67 bits per heavy atom. The van der Waals surface area contributed by atoms with Gasteiger partial charge in [0.15, 0.2) is 0 Å². The first-order valence-corrected chi connectivity index (χ1v) is 9.11. The quantitative estimate of drug-likeness (QED) is 0.782. The van der Waals surface area contributed by atoms with E-state index in [0.29, 0.717) is 24.3 Å². The van der Waals surface area contributed by atoms with Crippen LogP contribution in [0, 0.1) is 6.92 Å². The molecule has 1 aliphatic rings. The lowest BCUT2D eigenvalue weighted by Crippen LogP contribution is -2.42. The Labute approximate surface area is 158 Å². The zero-order chi connectivity index (χ0) is 18.8. The second kappa shape index (κ2) is 7.19. The number of carbonyl (C=O) groups excluding carboxylic acids is 2. The molecule has 5 heteroatoms. The summed E-state index contributed by atoms with van der Waals surface area (Å²) in [5.74, 6) is -0.333. The second-order valence-electron chi connectivity index (χ2n) is 6.83. The van der Waals surface area contributed by atoms with Crippen molar-refractivity contribution < 1.29 is 9.59 Å². The number of para-hydroxylation sites is 1. The highest BCUT2D eigenvalue weighted by atomic mass is 16.2. The Morgan fingerprint density at radius 1 is 1.07 bits per heavy atom. The number of fused-ring (bicyclic) bond motifs is 2. The highest BCUT2D eigenvalue weighted by Gasteiger charge is 2.21. The fraction of sp³-hybridized carbons (Fsp3) is 0.227. The van der Waals surface area contributed by atoms with Crippen LogP contribution < -0.4 is 5.32 Å². The summed E-state index contributed by atoms with van der Waals surface area (Å²) >= 11 is 0. The Kier molecular flexibility index (Phi) is 4.59. The number of amides is 2. The van der Waals surface area contributed by atoms with Gasteiger partial charge in [-0.05, 0) is 36.6 Å². The molecule has 0 aliphatic carbocycles. The molecule has 136 valence electrons. The summed E-state index contributed by atoms with van der Waals surface area (Å²) in [6, 6.07) is 17.7. The molecule has 0 radical (unpaired) electrons. The fourth-order valence-corrected chi connectivity index (χ4v) is 3.51. The number of nitrogens with zero attached hydrogens (tertiary/aromatic N) is 2. The number of carbonyl (C=O) groups is 2. The topological polar surface area (TPSA) is 62.3 Å². The molecule has 3 aromatic rings. The van der Waals surface area contributed by atoms with Crippen LogP contribution in [0.4, 0.5) is 0 Å². The number of aromatic nitrogens is 1. The molecule has 0 saturated heterocycles. The minimum atomic E-state index is -0.267. The third-order valence-electron chi connectivity index (χ3n) is 5.04. The van der Waals surface area contributed by atoms with Gasteiger partial charge in [0.05, 0.1) is 23.3 Å². The molecular formula is C22H21N3O2. The van der Waals surface area contributed by atoms with Crippen molar-refractivity contribution in [3.63, 3.8) is 0 Å². The molecule has 0 bridgehead atoms. The van der Waals surface area contributed by atoms with Gasteiger partial charge in [0.1, 0.15) is 0 Å². The van der Waals surface area contributed by atoms with E-state index in [1.165, 1.54) is 11.1 Å². The predicted molar refractivity (Wildman–Crippen MR) is 104 cm³/mol. The number of nitrogens with one attached hydrogen (secondary N) is 1. The van der Waals surface area contributed by atoms with Crippen LogP contribution in [-0.2, 0) is 17.8 Å². The molecule has 27 heavy (non-hydrogen) atoms. The molecule has 0 saturated carbocycles. The van der Waals surface area contributed by atoms with Gasteiger partial charge in [-0.3, -0.25) is 14.6 Å². The van der Waals surface area contributed by atoms with Crippen molar-refractivity contribution in [1.29, 1.82) is 0 Å². The summed E-state index contributed by atoms with van der Waals surface area (Å²) in [6.45, 7) is 3.09. The number of hydrogen-bond donors (Lipinski definition) is 1. The zero-order valence-corrected chi connectivity index (χ0v) is 15.2. The molecule has 0 spiro atoms. The van der Waals surface area contributed by atoms with Crippen molar-refractivity contribution in [2.75, 3.05) is 13.1 Å². The van der Waals surface area contributed by atoms with Crippen molar-refractivity contribution >= 4 is 22.7 Å². The molecule has 0 fully saturated rings. The van der Waals surface area contributed by atoms with Gasteiger partial charge in [0, 0.05) is 18.5 Å². The molecule has 2 aromatic carbocycles. The molecular weight excluding hydrogens is 338 g/mol. The number of aryl methyl sites for hydroxylation is 1. The number of pyridine rings is 1. The minimum Gasteiger partial charge on any atom is -0.343 e. The van der Waals surface area contributed by atoms with Crippen LogP contribution in [0.3, 0.4) is 0 Å². The maximum Gasteiger partial charge on any atom is 0.253 e. The number of benzene rings is 2. The molecule has 4 rings (SSSR count). The van der Waals surface area contributed by atoms with Gasteiger partial charge in [-0.1, -0.05) is 42.5 Å². The number of rotatable bonds is 3. The lowest BCUT2D eigenvalue weighted by molar-refractivity contribution is -0.131. The summed E-state index contributed by atoms with van der Waals surface area (Å²) in [6.07, 6.45) is 0.851. The van der Waals surface area contributed by atoms with E-state index in [-0.39, 0.29) is 18.4 Å². The van der Waals surface area contributed by atoms with Crippen LogP contribution in [0.2, 0.25) is 0 Å². The van der Waals surface area contributed by atoms with E-state index in [2.05, 4.69) is 22.4 Å². The minimum absolute atomic E-state index is 0.00668. The molecule has 0 atom stereocenters. The van der Waals surface area contributed by atoms with Gasteiger partial charge in [0.2, 0.25) is 5.91 Å². The summed E-state index contributed by atoms with van der Waals surface area (Å²) < 4.78 is 0. The molecule has 2 amide bonds. The molecule has 5 nitrogen and oxygen atoms in total. The van der Waals surface area contributed by atoms with Crippen LogP contribution >= 0.6 is 0 Å². The molecule has 1 aliphatic heterocycles. The van der Waals surface area contributed by atoms with Crippen LogP contribution in [0.15, 0.2) is 54.6 Å². The van der Waals surface area contributed by atoms with E-state index in [1.807, 2.05) is 49.4 Å². The summed E-state index contributed by atoms with van der Waals surface area (Å²) in [5.41, 5.74) is 4.49. The normalized spacial score (nSPS) is 13.3. The lowest BCUT2D eigenvalue weighted by Gasteiger charge is -2.29. The van der Waals surface area contributed by atoms with Gasteiger partial charge in [-0.2, -0.15) is 0 Å². The van der Waals surface area contributed by atoms with Gasteiger partial charge < -0.3 is 10.2 Å². The monoisotopic (exact) mass is 359 g/mol. The molecule has 1 N–H and O–H groups in total. The average Bonchev–Trinajstić information content (AvgIpc) is 2.70. The van der Waals surface area contributed by atoms with Crippen LogP contribution in [0.25, 0.3) is 10.9 Å². The number of hydrogen-bond acceptors (Lipinski definition) is 3. The van der Waals surface area contributed by atoms with Gasteiger partial charge >= 0.3 is 0 Å². The Balaban J connectivity index is 1.42. The lowest BCUT2D eigenvalue weighted by atomic mass is 10.00. The molecule has 1 aromatic heterocycles. The van der Waals surface area contributed by atoms with E-state index in [1.54, 1.807) is 4.90 Å². The highest BCUT2D eigenvalue weighted by molar-refractivity contribution is 6.00. The third-order valence-corrected chi connectivity index (χ3v) is 5.04. The van der Waals surface area contributed by atoms with Crippen molar-refractivity contribution in [1.82, 2.24) is 15.2 Å². The molecule has 0 unspecified atom stereocenters. The maximum atomic E-state index is 12.6. The van der Waals surface area contributed by atoms with E-state index in [4.69, 9.17) is 0 Å². The first kappa shape index (κ1) is 17.2. The maximum absolute atomic E-state index is 12.6. The zero-order valence-electron chi connectivity index (χ0n) is 15.2. The van der Waals surface area contributed by atoms with Crippen molar-refractivity contribution in [2.24, 2.45) is 0 Å². The van der Waals surface area contributed by atoms with E-state index in [0.717, 1.165) is 17.3 Å². The summed E-state index contributed by atoms with van der Waals surface area (Å²) in [5, 5.41) is 3.66. The SMILES string of the molecule is Cc1nc2ccccc2cc1C(=O)NCC(=O)N1CCc2ccccc2C1. The highest BCUT2D eigenvalue weighted by Crippen LogP contribution is 2.19. The van der Waals surface area contributed by atoms with Gasteiger partial charge in [0.25, 0.3) is 5.91 Å². The van der Waals surface area contributed by atoms with Crippen LogP contribution in [0.5, 0.6) is 0 Å². The predicted octanol–water partition coefficient (Wildman–Crippen LogP) is 2.86. The van der Waals surface area contributed by atoms with Crippen molar-refractivity contribution in [2.45, 2.75) is 19.9 Å². The van der Waals surface area contributed by atoms with Crippen molar-refractivity contribution in [3.8, 4) is 0 Å². The van der Waals surface area contributed by atoms with Crippen LogP contribution in [-0.4, -0.2) is 34.8 Å². The summed E-state index contributed by atoms with van der Waals surface area (Å²) in [4.78, 5) is 31.4. The smallest absolute Gasteiger partial charge is 0.253 e. The Morgan fingerprint density at radius 2 is 1.81 bits per heavy atom. The van der Waals surface area contributed by atoms with Gasteiger partial charge in [-0.15, -0.1) is 0 Å². The molecule has 2 heterocycles. The van der Waals surface area contributed by atoms with Crippen LogP contribution in [0.1, 0.15) is 27.2 Å². The standard InChI is InChI=1S/C22H21N3O2/c1-15-19(12-17-7-4-5-9-20(17)24-15)22(27)23-13-21(26)25-11-10-16-6-2-3-8-18(16)14-25/h2-9,12H,10-11,13-14H2,1H3,(H,23,27). The van der Waals surface area contributed by atoms with Gasteiger partial charge in [-0.25, -0.2) is 0 Å². The second-order valence-corrected chi connectivity index (χ2v) is 6.83. The average molecular weight is 359 g/mol. The van der Waals surface area contributed by atoms with E-state index < -0.39 is 0 Å².